The Labute approximate surface area is 75.1 Å². The van der Waals surface area contributed by atoms with Gasteiger partial charge in [0.1, 0.15) is 0 Å². The highest BCUT2D eigenvalue weighted by Gasteiger charge is 2.46. The summed E-state index contributed by atoms with van der Waals surface area (Å²) in [7, 11) is 2.12. The summed E-state index contributed by atoms with van der Waals surface area (Å²) in [6.45, 7) is 3.34. The molecule has 12 heavy (non-hydrogen) atoms. The van der Waals surface area contributed by atoms with E-state index in [0.29, 0.717) is 0 Å². The Balaban J connectivity index is 1.98. The molecule has 4 unspecified atom stereocenters. The molecule has 2 rings (SSSR count). The number of fused-ring (bicyclic) bond motifs is 2. The molecule has 0 aromatic heterocycles. The van der Waals surface area contributed by atoms with Crippen molar-refractivity contribution in [2.24, 2.45) is 11.8 Å². The maximum Gasteiger partial charge on any atom is 0.0136 e. The van der Waals surface area contributed by atoms with Crippen molar-refractivity contribution >= 4 is 0 Å². The average molecular weight is 168 g/mol. The smallest absolute Gasteiger partial charge is 0.0136 e. The molecular weight excluding hydrogens is 148 g/mol. The van der Waals surface area contributed by atoms with Gasteiger partial charge in [-0.05, 0) is 44.7 Å². The van der Waals surface area contributed by atoms with Crippen molar-refractivity contribution in [1.29, 1.82) is 0 Å². The van der Waals surface area contributed by atoms with Crippen molar-refractivity contribution < 1.29 is 0 Å². The van der Waals surface area contributed by atoms with E-state index in [9.17, 15) is 0 Å². The summed E-state index contributed by atoms with van der Waals surface area (Å²) in [5.41, 5.74) is 0. The monoisotopic (exact) mass is 168 g/mol. The van der Waals surface area contributed by atoms with Crippen LogP contribution in [0.4, 0.5) is 0 Å². The maximum absolute atomic E-state index is 3.60. The van der Waals surface area contributed by atoms with E-state index in [4.69, 9.17) is 0 Å². The Morgan fingerprint density at radius 2 is 2.17 bits per heavy atom. The first kappa shape index (κ1) is 8.52. The van der Waals surface area contributed by atoms with E-state index in [-0.39, 0.29) is 0 Å². The highest BCUT2D eigenvalue weighted by atomic mass is 15.0. The molecule has 2 fully saturated rings. The lowest BCUT2D eigenvalue weighted by molar-refractivity contribution is 0.351. The van der Waals surface area contributed by atoms with Crippen LogP contribution in [-0.2, 0) is 0 Å². The van der Waals surface area contributed by atoms with Gasteiger partial charge < -0.3 is 10.6 Å². The van der Waals surface area contributed by atoms with Crippen molar-refractivity contribution in [2.75, 3.05) is 13.6 Å². The second kappa shape index (κ2) is 3.35. The number of rotatable bonds is 3. The summed E-state index contributed by atoms with van der Waals surface area (Å²) in [5.74, 6) is 1.88. The molecule has 0 radical (unpaired) electrons. The molecular formula is C10H20N2. The van der Waals surface area contributed by atoms with Crippen molar-refractivity contribution in [2.45, 2.75) is 38.3 Å². The molecule has 0 aliphatic heterocycles. The fourth-order valence-electron chi connectivity index (χ4n) is 3.28. The normalized spacial score (nSPS) is 45.5. The van der Waals surface area contributed by atoms with Crippen LogP contribution >= 0.6 is 0 Å². The van der Waals surface area contributed by atoms with Crippen LogP contribution in [0.2, 0.25) is 0 Å². The first-order valence-electron chi connectivity index (χ1n) is 5.27. The summed E-state index contributed by atoms with van der Waals surface area (Å²) in [6.07, 6.45) is 4.30. The van der Waals surface area contributed by atoms with E-state index in [1.165, 1.54) is 19.3 Å². The molecule has 0 aromatic rings. The van der Waals surface area contributed by atoms with E-state index in [1.807, 2.05) is 0 Å². The van der Waals surface area contributed by atoms with Crippen LogP contribution in [0.5, 0.6) is 0 Å². The summed E-state index contributed by atoms with van der Waals surface area (Å²) < 4.78 is 0. The van der Waals surface area contributed by atoms with E-state index in [0.717, 1.165) is 30.5 Å². The number of hydrogen-bond donors (Lipinski definition) is 2. The minimum Gasteiger partial charge on any atom is -0.316 e. The van der Waals surface area contributed by atoms with E-state index in [2.05, 4.69) is 24.6 Å². The van der Waals surface area contributed by atoms with Crippen molar-refractivity contribution in [3.05, 3.63) is 0 Å². The quantitative estimate of drug-likeness (QED) is 0.656. The van der Waals surface area contributed by atoms with Crippen molar-refractivity contribution in [1.82, 2.24) is 10.6 Å². The molecule has 2 heteroatoms. The van der Waals surface area contributed by atoms with Crippen LogP contribution in [0.3, 0.4) is 0 Å². The van der Waals surface area contributed by atoms with Crippen LogP contribution in [0.25, 0.3) is 0 Å². The average Bonchev–Trinajstić information content (AvgIpc) is 2.60. The maximum atomic E-state index is 3.60. The predicted molar refractivity (Wildman–Crippen MR) is 51.1 cm³/mol. The zero-order valence-corrected chi connectivity index (χ0v) is 8.14. The predicted octanol–water partition coefficient (Wildman–Crippen LogP) is 0.982. The van der Waals surface area contributed by atoms with Gasteiger partial charge >= 0.3 is 0 Å². The largest absolute Gasteiger partial charge is 0.316 e. The lowest BCUT2D eigenvalue weighted by Crippen LogP contribution is -2.38. The molecule has 0 heterocycles. The van der Waals surface area contributed by atoms with Gasteiger partial charge in [0.25, 0.3) is 0 Å². The standard InChI is InChI=1S/C10H20N2/c1-3-12-9-6-7-4-5-8(9)10(7)11-2/h7-12H,3-6H2,1-2H3. The molecule has 2 aliphatic carbocycles. The molecule has 70 valence electrons. The highest BCUT2D eigenvalue weighted by Crippen LogP contribution is 2.44. The van der Waals surface area contributed by atoms with Crippen LogP contribution < -0.4 is 10.6 Å². The van der Waals surface area contributed by atoms with Gasteiger partial charge in [-0.3, -0.25) is 0 Å². The van der Waals surface area contributed by atoms with Gasteiger partial charge in [0.15, 0.2) is 0 Å². The first-order chi connectivity index (χ1) is 5.86. The fraction of sp³-hybridized carbons (Fsp3) is 1.00. The highest BCUT2D eigenvalue weighted by molar-refractivity contribution is 5.03. The molecule has 2 N–H and O–H groups in total. The van der Waals surface area contributed by atoms with Gasteiger partial charge in [-0.25, -0.2) is 0 Å². The zero-order chi connectivity index (χ0) is 8.55. The summed E-state index contributed by atoms with van der Waals surface area (Å²) in [6, 6.07) is 1.63. The van der Waals surface area contributed by atoms with Gasteiger partial charge in [-0.1, -0.05) is 6.92 Å². The second-order valence-electron chi connectivity index (χ2n) is 4.22. The molecule has 4 atom stereocenters. The zero-order valence-electron chi connectivity index (χ0n) is 8.14. The van der Waals surface area contributed by atoms with Gasteiger partial charge in [0.05, 0.1) is 0 Å². The van der Waals surface area contributed by atoms with Crippen molar-refractivity contribution in [3.63, 3.8) is 0 Å². The van der Waals surface area contributed by atoms with Crippen LogP contribution in [0.15, 0.2) is 0 Å². The van der Waals surface area contributed by atoms with Gasteiger partial charge in [-0.2, -0.15) is 0 Å². The Kier molecular flexibility index (Phi) is 2.37. The van der Waals surface area contributed by atoms with Crippen LogP contribution in [0, 0.1) is 11.8 Å². The van der Waals surface area contributed by atoms with E-state index in [1.54, 1.807) is 0 Å². The first-order valence-corrected chi connectivity index (χ1v) is 5.27. The SMILES string of the molecule is CCNC1CC2CCC1C2NC. The van der Waals surface area contributed by atoms with Crippen molar-refractivity contribution in [3.8, 4) is 0 Å². The fourth-order valence-corrected chi connectivity index (χ4v) is 3.28. The molecule has 0 spiro atoms. The molecule has 0 saturated heterocycles. The Morgan fingerprint density at radius 1 is 1.33 bits per heavy atom. The van der Waals surface area contributed by atoms with E-state index < -0.39 is 0 Å². The lowest BCUT2D eigenvalue weighted by Gasteiger charge is -2.22. The lowest BCUT2D eigenvalue weighted by atomic mass is 9.95. The Bertz CT molecular complexity index is 158. The van der Waals surface area contributed by atoms with Gasteiger partial charge in [-0.15, -0.1) is 0 Å². The minimum absolute atomic E-state index is 0.811. The summed E-state index contributed by atoms with van der Waals surface area (Å²) in [4.78, 5) is 0. The Hall–Kier alpha value is -0.0800. The molecule has 2 nitrogen and oxygen atoms in total. The number of nitrogens with one attached hydrogen (secondary N) is 2. The minimum atomic E-state index is 0.811. The van der Waals surface area contributed by atoms with Crippen LogP contribution in [0.1, 0.15) is 26.2 Å². The molecule has 2 saturated carbocycles. The van der Waals surface area contributed by atoms with Crippen LogP contribution in [-0.4, -0.2) is 25.7 Å². The molecule has 0 aromatic carbocycles. The molecule has 2 bridgehead atoms. The third-order valence-electron chi connectivity index (χ3n) is 3.71. The topological polar surface area (TPSA) is 24.1 Å². The second-order valence-corrected chi connectivity index (χ2v) is 4.22. The van der Waals surface area contributed by atoms with Gasteiger partial charge in [0, 0.05) is 12.1 Å². The summed E-state index contributed by atoms with van der Waals surface area (Å²) >= 11 is 0. The van der Waals surface area contributed by atoms with E-state index >= 15 is 0 Å². The molecule has 0 amide bonds. The summed E-state index contributed by atoms with van der Waals surface area (Å²) in [5, 5.41) is 7.07. The third-order valence-corrected chi connectivity index (χ3v) is 3.71. The number of hydrogen-bond acceptors (Lipinski definition) is 2. The Morgan fingerprint density at radius 3 is 2.75 bits per heavy atom. The third kappa shape index (κ3) is 1.17. The van der Waals surface area contributed by atoms with Gasteiger partial charge in [0.2, 0.25) is 0 Å². The molecule has 2 aliphatic rings.